The molecule has 4 heteroatoms. The van der Waals surface area contributed by atoms with Crippen LogP contribution >= 0.6 is 0 Å². The minimum Gasteiger partial charge on any atom is -0.333 e. The van der Waals surface area contributed by atoms with Crippen LogP contribution in [-0.2, 0) is 0 Å². The average Bonchev–Trinajstić information content (AvgIpc) is 2.44. The first-order valence-corrected chi connectivity index (χ1v) is 5.10. The van der Waals surface area contributed by atoms with Gasteiger partial charge in [-0.3, -0.25) is 0 Å². The lowest BCUT2D eigenvalue weighted by atomic mass is 9.91. The topological polar surface area (TPSA) is 58.4 Å². The molecular weight excluding hydrogens is 166 g/mol. The number of amides is 2. The summed E-state index contributed by atoms with van der Waals surface area (Å²) >= 11 is 0. The van der Waals surface area contributed by atoms with Crippen molar-refractivity contribution in [1.82, 2.24) is 10.2 Å². The highest BCUT2D eigenvalue weighted by molar-refractivity contribution is 5.77. The lowest BCUT2D eigenvalue weighted by molar-refractivity contribution is 0.193. The molecule has 74 valence electrons. The number of hydrogen-bond acceptors (Lipinski definition) is 2. The molecule has 0 spiro atoms. The Labute approximate surface area is 78.5 Å². The Morgan fingerprint density at radius 2 is 2.23 bits per heavy atom. The van der Waals surface area contributed by atoms with E-state index >= 15 is 0 Å². The average molecular weight is 183 g/mol. The van der Waals surface area contributed by atoms with Gasteiger partial charge in [-0.15, -0.1) is 0 Å². The second kappa shape index (κ2) is 3.54. The molecular formula is C9H17N3O. The van der Waals surface area contributed by atoms with E-state index in [1.54, 1.807) is 0 Å². The van der Waals surface area contributed by atoms with Gasteiger partial charge < -0.3 is 16.0 Å². The summed E-state index contributed by atoms with van der Waals surface area (Å²) in [7, 11) is 0. The molecule has 2 fully saturated rings. The summed E-state index contributed by atoms with van der Waals surface area (Å²) in [5.41, 5.74) is 5.47. The molecule has 1 aliphatic heterocycles. The third-order valence-corrected chi connectivity index (χ3v) is 3.07. The molecule has 1 aliphatic carbocycles. The second-order valence-corrected chi connectivity index (χ2v) is 3.89. The summed E-state index contributed by atoms with van der Waals surface area (Å²) in [5, 5.41) is 3.02. The van der Waals surface area contributed by atoms with Crippen molar-refractivity contribution in [2.75, 3.05) is 13.1 Å². The van der Waals surface area contributed by atoms with Crippen LogP contribution in [0, 0.1) is 0 Å². The van der Waals surface area contributed by atoms with Crippen molar-refractivity contribution >= 4 is 6.03 Å². The third-order valence-electron chi connectivity index (χ3n) is 3.07. The maximum absolute atomic E-state index is 11.5. The molecule has 1 heterocycles. The van der Waals surface area contributed by atoms with Gasteiger partial charge in [-0.05, 0) is 12.8 Å². The number of fused-ring (bicyclic) bond motifs is 1. The number of carbonyl (C=O) groups excluding carboxylic acids is 1. The van der Waals surface area contributed by atoms with Gasteiger partial charge in [-0.1, -0.05) is 12.8 Å². The molecule has 0 bridgehead atoms. The largest absolute Gasteiger partial charge is 0.333 e. The van der Waals surface area contributed by atoms with Crippen LogP contribution in [0.2, 0.25) is 0 Å². The van der Waals surface area contributed by atoms with Crippen LogP contribution in [-0.4, -0.2) is 36.1 Å². The first-order valence-electron chi connectivity index (χ1n) is 5.10. The van der Waals surface area contributed by atoms with Gasteiger partial charge in [0, 0.05) is 13.1 Å². The summed E-state index contributed by atoms with van der Waals surface area (Å²) in [6, 6.07) is 0.903. The van der Waals surface area contributed by atoms with Gasteiger partial charge in [-0.2, -0.15) is 0 Å². The zero-order chi connectivity index (χ0) is 9.26. The quantitative estimate of drug-likeness (QED) is 0.646. The fraction of sp³-hybridized carbons (Fsp3) is 0.889. The van der Waals surface area contributed by atoms with Crippen LogP contribution in [0.3, 0.4) is 0 Å². The van der Waals surface area contributed by atoms with Gasteiger partial charge in [-0.25, -0.2) is 4.79 Å². The Morgan fingerprint density at radius 1 is 1.46 bits per heavy atom. The van der Waals surface area contributed by atoms with E-state index in [4.69, 9.17) is 5.73 Å². The lowest BCUT2D eigenvalue weighted by Gasteiger charge is -2.29. The van der Waals surface area contributed by atoms with E-state index in [-0.39, 0.29) is 6.03 Å². The molecule has 2 unspecified atom stereocenters. The molecule has 2 amide bonds. The Hall–Kier alpha value is -0.770. The van der Waals surface area contributed by atoms with Crippen molar-refractivity contribution in [3.63, 3.8) is 0 Å². The summed E-state index contributed by atoms with van der Waals surface area (Å²) in [5.74, 6) is 0. The lowest BCUT2D eigenvalue weighted by Crippen LogP contribution is -2.41. The molecule has 0 aromatic carbocycles. The number of hydrogen-bond donors (Lipinski definition) is 2. The van der Waals surface area contributed by atoms with Crippen molar-refractivity contribution in [1.29, 1.82) is 0 Å². The van der Waals surface area contributed by atoms with E-state index in [2.05, 4.69) is 5.32 Å². The van der Waals surface area contributed by atoms with E-state index in [1.807, 2.05) is 4.90 Å². The van der Waals surface area contributed by atoms with E-state index in [0.717, 1.165) is 12.8 Å². The summed E-state index contributed by atoms with van der Waals surface area (Å²) < 4.78 is 0. The number of rotatable bonds is 2. The van der Waals surface area contributed by atoms with Crippen LogP contribution in [0.15, 0.2) is 0 Å². The van der Waals surface area contributed by atoms with E-state index in [1.165, 1.54) is 12.8 Å². The van der Waals surface area contributed by atoms with Crippen LogP contribution in [0.25, 0.3) is 0 Å². The number of nitrogens with two attached hydrogens (primary N) is 1. The SMILES string of the molecule is NCCN1C(=O)NC2CCCCC21. The first-order chi connectivity index (χ1) is 6.33. The Kier molecular flexibility index (Phi) is 2.40. The summed E-state index contributed by atoms with van der Waals surface area (Å²) in [6.07, 6.45) is 4.77. The molecule has 0 aromatic rings. The fourth-order valence-corrected chi connectivity index (χ4v) is 2.45. The Balaban J connectivity index is 2.04. The Morgan fingerprint density at radius 3 is 3.00 bits per heavy atom. The van der Waals surface area contributed by atoms with Gasteiger partial charge in [0.1, 0.15) is 0 Å². The highest BCUT2D eigenvalue weighted by Crippen LogP contribution is 2.27. The zero-order valence-electron chi connectivity index (χ0n) is 7.83. The van der Waals surface area contributed by atoms with Crippen LogP contribution in [0.1, 0.15) is 25.7 Å². The van der Waals surface area contributed by atoms with Crippen molar-refractivity contribution in [3.05, 3.63) is 0 Å². The van der Waals surface area contributed by atoms with Gasteiger partial charge >= 0.3 is 6.03 Å². The highest BCUT2D eigenvalue weighted by Gasteiger charge is 2.39. The maximum atomic E-state index is 11.5. The van der Waals surface area contributed by atoms with Crippen molar-refractivity contribution in [3.8, 4) is 0 Å². The highest BCUT2D eigenvalue weighted by atomic mass is 16.2. The third kappa shape index (κ3) is 1.50. The van der Waals surface area contributed by atoms with Gasteiger partial charge in [0.2, 0.25) is 0 Å². The van der Waals surface area contributed by atoms with Gasteiger partial charge in [0.25, 0.3) is 0 Å². The van der Waals surface area contributed by atoms with Crippen molar-refractivity contribution < 1.29 is 4.79 Å². The molecule has 1 saturated carbocycles. The Bertz CT molecular complexity index is 207. The molecule has 0 aromatic heterocycles. The number of carbonyl (C=O) groups is 1. The summed E-state index contributed by atoms with van der Waals surface area (Å²) in [6.45, 7) is 1.27. The second-order valence-electron chi connectivity index (χ2n) is 3.89. The minimum absolute atomic E-state index is 0.0855. The predicted octanol–water partition coefficient (Wildman–Crippen LogP) is 0.281. The molecule has 13 heavy (non-hydrogen) atoms. The smallest absolute Gasteiger partial charge is 0.318 e. The maximum Gasteiger partial charge on any atom is 0.318 e. The van der Waals surface area contributed by atoms with Crippen molar-refractivity contribution in [2.24, 2.45) is 5.73 Å². The number of nitrogens with one attached hydrogen (secondary N) is 1. The standard InChI is InChI=1S/C9H17N3O/c10-5-6-12-8-4-2-1-3-7(8)11-9(12)13/h7-8H,1-6,10H2,(H,11,13). The minimum atomic E-state index is 0.0855. The predicted molar refractivity (Wildman–Crippen MR) is 50.3 cm³/mol. The van der Waals surface area contributed by atoms with E-state index in [0.29, 0.717) is 25.2 Å². The molecule has 2 rings (SSSR count). The molecule has 4 nitrogen and oxygen atoms in total. The fourth-order valence-electron chi connectivity index (χ4n) is 2.45. The van der Waals surface area contributed by atoms with Gasteiger partial charge in [0.05, 0.1) is 12.1 Å². The van der Waals surface area contributed by atoms with E-state index in [9.17, 15) is 4.79 Å². The first kappa shape index (κ1) is 8.81. The van der Waals surface area contributed by atoms with Crippen LogP contribution in [0.5, 0.6) is 0 Å². The molecule has 2 aliphatic rings. The number of nitrogens with zero attached hydrogens (tertiary/aromatic N) is 1. The van der Waals surface area contributed by atoms with Gasteiger partial charge in [0.15, 0.2) is 0 Å². The van der Waals surface area contributed by atoms with Crippen LogP contribution in [0.4, 0.5) is 4.79 Å². The normalized spacial score (nSPS) is 33.0. The van der Waals surface area contributed by atoms with Crippen LogP contribution < -0.4 is 11.1 Å². The summed E-state index contributed by atoms with van der Waals surface area (Å²) in [4.78, 5) is 13.4. The monoisotopic (exact) mass is 183 g/mol. The zero-order valence-corrected chi connectivity index (χ0v) is 7.83. The molecule has 2 atom stereocenters. The van der Waals surface area contributed by atoms with Crippen molar-refractivity contribution in [2.45, 2.75) is 37.8 Å². The van der Waals surface area contributed by atoms with E-state index < -0.39 is 0 Å². The number of urea groups is 1. The molecule has 1 saturated heterocycles. The molecule has 3 N–H and O–H groups in total. The molecule has 0 radical (unpaired) electrons.